The lowest BCUT2D eigenvalue weighted by atomic mass is 9.87. The molecule has 0 amide bonds. The van der Waals surface area contributed by atoms with Crippen molar-refractivity contribution < 1.29 is 0 Å². The molecule has 1 heterocycles. The van der Waals surface area contributed by atoms with Crippen LogP contribution in [-0.4, -0.2) is 9.97 Å². The number of nitrogens with one attached hydrogen (secondary N) is 1. The summed E-state index contributed by atoms with van der Waals surface area (Å²) in [4.78, 5) is 8.44. The van der Waals surface area contributed by atoms with E-state index in [0.29, 0.717) is 5.92 Å². The van der Waals surface area contributed by atoms with Crippen molar-refractivity contribution in [3.63, 3.8) is 0 Å². The van der Waals surface area contributed by atoms with Crippen molar-refractivity contribution in [2.75, 3.05) is 0 Å². The van der Waals surface area contributed by atoms with E-state index in [-0.39, 0.29) is 0 Å². The number of benzene rings is 2. The fraction of sp³-hybridized carbons (Fsp3) is 0.318. The third kappa shape index (κ3) is 3.28. The second kappa shape index (κ2) is 7.04. The first-order valence-corrected chi connectivity index (χ1v) is 9.06. The summed E-state index contributed by atoms with van der Waals surface area (Å²) in [7, 11) is 0. The van der Waals surface area contributed by atoms with Crippen molar-refractivity contribution >= 4 is 0 Å². The molecule has 0 saturated carbocycles. The van der Waals surface area contributed by atoms with Crippen LogP contribution >= 0.6 is 0 Å². The predicted molar refractivity (Wildman–Crippen MR) is 98.3 cm³/mol. The Bertz CT molecular complexity index is 711. The highest BCUT2D eigenvalue weighted by Crippen LogP contribution is 2.29. The quantitative estimate of drug-likeness (QED) is 0.701. The van der Waals surface area contributed by atoms with Crippen LogP contribution in [-0.2, 0) is 19.3 Å². The molecule has 0 unspecified atom stereocenters. The zero-order valence-electron chi connectivity index (χ0n) is 14.0. The monoisotopic (exact) mass is 316 g/mol. The van der Waals surface area contributed by atoms with Crippen LogP contribution in [0.4, 0.5) is 0 Å². The van der Waals surface area contributed by atoms with Crippen molar-refractivity contribution in [2.45, 2.75) is 44.4 Å². The fourth-order valence-corrected chi connectivity index (χ4v) is 3.81. The maximum atomic E-state index is 4.85. The highest BCUT2D eigenvalue weighted by atomic mass is 14.9. The van der Waals surface area contributed by atoms with Gasteiger partial charge < -0.3 is 4.98 Å². The van der Waals surface area contributed by atoms with E-state index in [0.717, 1.165) is 19.3 Å². The SMILES string of the molecule is c1ccc(C(CCc2nc3c([nH]2)CCCC3)c2ccccc2)cc1. The van der Waals surface area contributed by atoms with Crippen molar-refractivity contribution in [3.05, 3.63) is 89.0 Å². The average molecular weight is 316 g/mol. The van der Waals surface area contributed by atoms with E-state index < -0.39 is 0 Å². The number of rotatable bonds is 5. The molecule has 122 valence electrons. The first-order chi connectivity index (χ1) is 11.9. The number of H-pyrrole nitrogens is 1. The van der Waals surface area contributed by atoms with Crippen LogP contribution in [0.5, 0.6) is 0 Å². The normalized spacial score (nSPS) is 13.9. The van der Waals surface area contributed by atoms with Gasteiger partial charge in [0, 0.05) is 18.0 Å². The van der Waals surface area contributed by atoms with Gasteiger partial charge in [-0.1, -0.05) is 60.7 Å². The van der Waals surface area contributed by atoms with Gasteiger partial charge in [0.1, 0.15) is 5.82 Å². The van der Waals surface area contributed by atoms with Gasteiger partial charge in [-0.25, -0.2) is 4.98 Å². The predicted octanol–water partition coefficient (Wildman–Crippen LogP) is 5.05. The molecule has 0 radical (unpaired) electrons. The van der Waals surface area contributed by atoms with E-state index >= 15 is 0 Å². The third-order valence-corrected chi connectivity index (χ3v) is 5.08. The maximum absolute atomic E-state index is 4.85. The van der Waals surface area contributed by atoms with Crippen LogP contribution in [0.15, 0.2) is 60.7 Å². The minimum atomic E-state index is 0.425. The van der Waals surface area contributed by atoms with Crippen molar-refractivity contribution in [3.8, 4) is 0 Å². The number of aromatic amines is 1. The first kappa shape index (κ1) is 15.2. The maximum Gasteiger partial charge on any atom is 0.106 e. The molecule has 3 aromatic rings. The molecule has 0 atom stereocenters. The lowest BCUT2D eigenvalue weighted by Gasteiger charge is -2.17. The largest absolute Gasteiger partial charge is 0.346 e. The van der Waals surface area contributed by atoms with Crippen molar-refractivity contribution in [1.29, 1.82) is 0 Å². The molecule has 0 bridgehead atoms. The van der Waals surface area contributed by atoms with E-state index in [2.05, 4.69) is 65.6 Å². The molecule has 1 N–H and O–H groups in total. The van der Waals surface area contributed by atoms with Gasteiger partial charge in [0.05, 0.1) is 5.69 Å². The van der Waals surface area contributed by atoms with Crippen LogP contribution in [0.2, 0.25) is 0 Å². The Labute approximate surface area is 144 Å². The van der Waals surface area contributed by atoms with Gasteiger partial charge >= 0.3 is 0 Å². The van der Waals surface area contributed by atoms with E-state index in [1.54, 1.807) is 0 Å². The lowest BCUT2D eigenvalue weighted by molar-refractivity contribution is 0.667. The average Bonchev–Trinajstić information content (AvgIpc) is 3.07. The zero-order chi connectivity index (χ0) is 16.2. The minimum Gasteiger partial charge on any atom is -0.346 e. The topological polar surface area (TPSA) is 28.7 Å². The van der Waals surface area contributed by atoms with Crippen LogP contribution in [0.1, 0.15) is 53.5 Å². The Kier molecular flexibility index (Phi) is 4.46. The molecule has 0 spiro atoms. The number of nitrogens with zero attached hydrogens (tertiary/aromatic N) is 1. The third-order valence-electron chi connectivity index (χ3n) is 5.08. The highest BCUT2D eigenvalue weighted by molar-refractivity contribution is 5.32. The number of hydrogen-bond acceptors (Lipinski definition) is 1. The summed E-state index contributed by atoms with van der Waals surface area (Å²) < 4.78 is 0. The van der Waals surface area contributed by atoms with Gasteiger partial charge in [0.2, 0.25) is 0 Å². The Hall–Kier alpha value is -2.35. The Morgan fingerprint density at radius 2 is 1.46 bits per heavy atom. The Morgan fingerprint density at radius 1 is 0.833 bits per heavy atom. The molecule has 2 aromatic carbocycles. The zero-order valence-corrected chi connectivity index (χ0v) is 14.0. The summed E-state index contributed by atoms with van der Waals surface area (Å²) in [5.74, 6) is 1.59. The van der Waals surface area contributed by atoms with Crippen LogP contribution in [0.25, 0.3) is 0 Å². The van der Waals surface area contributed by atoms with E-state index in [4.69, 9.17) is 4.98 Å². The molecule has 0 fully saturated rings. The van der Waals surface area contributed by atoms with E-state index in [9.17, 15) is 0 Å². The number of aromatic nitrogens is 2. The van der Waals surface area contributed by atoms with Crippen molar-refractivity contribution in [1.82, 2.24) is 9.97 Å². The second-order valence-electron chi connectivity index (χ2n) is 6.73. The fourth-order valence-electron chi connectivity index (χ4n) is 3.81. The van der Waals surface area contributed by atoms with Gasteiger partial charge in [0.25, 0.3) is 0 Å². The molecule has 1 aromatic heterocycles. The van der Waals surface area contributed by atoms with Gasteiger partial charge in [-0.05, 0) is 43.2 Å². The van der Waals surface area contributed by atoms with Gasteiger partial charge in [-0.15, -0.1) is 0 Å². The first-order valence-electron chi connectivity index (χ1n) is 9.06. The molecular weight excluding hydrogens is 292 g/mol. The number of imidazole rings is 1. The summed E-state index contributed by atoms with van der Waals surface area (Å²) in [6.07, 6.45) is 6.98. The number of aryl methyl sites for hydroxylation is 3. The molecular formula is C22H24N2. The molecule has 4 rings (SSSR count). The Balaban J connectivity index is 1.55. The van der Waals surface area contributed by atoms with Crippen molar-refractivity contribution in [2.24, 2.45) is 0 Å². The number of hydrogen-bond donors (Lipinski definition) is 1. The molecule has 24 heavy (non-hydrogen) atoms. The van der Waals surface area contributed by atoms with Gasteiger partial charge in [-0.2, -0.15) is 0 Å². The molecule has 2 heteroatoms. The summed E-state index contributed by atoms with van der Waals surface area (Å²) in [6.45, 7) is 0. The lowest BCUT2D eigenvalue weighted by Crippen LogP contribution is -2.04. The minimum absolute atomic E-state index is 0.425. The van der Waals surface area contributed by atoms with Crippen LogP contribution < -0.4 is 0 Å². The molecule has 0 aliphatic heterocycles. The molecule has 2 nitrogen and oxygen atoms in total. The highest BCUT2D eigenvalue weighted by Gasteiger charge is 2.17. The van der Waals surface area contributed by atoms with Gasteiger partial charge in [0.15, 0.2) is 0 Å². The smallest absolute Gasteiger partial charge is 0.106 e. The summed E-state index contributed by atoms with van der Waals surface area (Å²) in [6, 6.07) is 21.7. The van der Waals surface area contributed by atoms with Crippen LogP contribution in [0, 0.1) is 0 Å². The van der Waals surface area contributed by atoms with Crippen LogP contribution in [0.3, 0.4) is 0 Å². The summed E-state index contributed by atoms with van der Waals surface area (Å²) in [5.41, 5.74) is 5.47. The summed E-state index contributed by atoms with van der Waals surface area (Å²) in [5, 5.41) is 0. The molecule has 1 aliphatic rings. The van der Waals surface area contributed by atoms with Gasteiger partial charge in [-0.3, -0.25) is 0 Å². The molecule has 0 saturated heterocycles. The molecule has 1 aliphatic carbocycles. The van der Waals surface area contributed by atoms with E-state index in [1.807, 2.05) is 0 Å². The van der Waals surface area contributed by atoms with E-state index in [1.165, 1.54) is 47.6 Å². The standard InChI is InChI=1S/C22H24N2/c1-3-9-17(10-4-1)19(18-11-5-2-6-12-18)15-16-22-23-20-13-7-8-14-21(20)24-22/h1-6,9-12,19H,7-8,13-16H2,(H,23,24). The summed E-state index contributed by atoms with van der Waals surface area (Å²) >= 11 is 0. The Morgan fingerprint density at radius 3 is 2.08 bits per heavy atom. The second-order valence-corrected chi connectivity index (χ2v) is 6.73. The number of fused-ring (bicyclic) bond motifs is 1.